The predicted molar refractivity (Wildman–Crippen MR) is 122 cm³/mol. The van der Waals surface area contributed by atoms with Crippen molar-refractivity contribution in [2.45, 2.75) is 0 Å². The van der Waals surface area contributed by atoms with Crippen molar-refractivity contribution in [1.82, 2.24) is 9.78 Å². The van der Waals surface area contributed by atoms with Gasteiger partial charge in [-0.1, -0.05) is 18.2 Å². The summed E-state index contributed by atoms with van der Waals surface area (Å²) in [6.45, 7) is 0. The zero-order valence-electron chi connectivity index (χ0n) is 19.0. The quantitative estimate of drug-likeness (QED) is 0.289. The number of ether oxygens (including phenoxy) is 4. The summed E-state index contributed by atoms with van der Waals surface area (Å²) in [5.41, 5.74) is 0.877. The lowest BCUT2D eigenvalue weighted by Gasteiger charge is -2.10. The number of hydrogen-bond donors (Lipinski definition) is 0. The van der Waals surface area contributed by atoms with Crippen LogP contribution in [0, 0.1) is 0 Å². The second-order valence-electron chi connectivity index (χ2n) is 7.04. The van der Waals surface area contributed by atoms with Gasteiger partial charge in [0.1, 0.15) is 11.3 Å². The Morgan fingerprint density at radius 1 is 0.829 bits per heavy atom. The third-order valence-electron chi connectivity index (χ3n) is 5.02. The second-order valence-corrected chi connectivity index (χ2v) is 7.04. The Hall–Kier alpha value is -4.86. The first-order chi connectivity index (χ1) is 17.0. The van der Waals surface area contributed by atoms with E-state index in [1.165, 1.54) is 50.5 Å². The third-order valence-corrected chi connectivity index (χ3v) is 5.02. The molecule has 2 heterocycles. The molecular formula is C25H20N2O8. The molecule has 4 aromatic rings. The van der Waals surface area contributed by atoms with Gasteiger partial charge in [-0.25, -0.2) is 19.1 Å². The molecule has 0 N–H and O–H groups in total. The van der Waals surface area contributed by atoms with E-state index < -0.39 is 17.9 Å². The van der Waals surface area contributed by atoms with Gasteiger partial charge in [0.05, 0.1) is 33.3 Å². The smallest absolute Gasteiger partial charge is 0.379 e. The molecule has 0 spiro atoms. The van der Waals surface area contributed by atoms with E-state index in [0.717, 1.165) is 0 Å². The molecule has 2 aromatic heterocycles. The van der Waals surface area contributed by atoms with Crippen LogP contribution in [0.3, 0.4) is 0 Å². The molecule has 0 aliphatic carbocycles. The van der Waals surface area contributed by atoms with Crippen molar-refractivity contribution in [2.24, 2.45) is 0 Å². The fraction of sp³-hybridized carbons (Fsp3) is 0.120. The van der Waals surface area contributed by atoms with Crippen LogP contribution in [-0.4, -0.2) is 49.0 Å². The highest BCUT2D eigenvalue weighted by atomic mass is 16.6. The van der Waals surface area contributed by atoms with E-state index >= 15 is 0 Å². The molecule has 10 nitrogen and oxygen atoms in total. The van der Waals surface area contributed by atoms with Crippen LogP contribution < -0.4 is 9.47 Å². The number of hydrogen-bond acceptors (Lipinski definition) is 9. The zero-order valence-corrected chi connectivity index (χ0v) is 19.0. The number of esters is 3. The summed E-state index contributed by atoms with van der Waals surface area (Å²) in [6.07, 6.45) is 1.35. The molecule has 0 saturated heterocycles. The van der Waals surface area contributed by atoms with Crippen LogP contribution in [0.4, 0.5) is 0 Å². The standard InChI is InChI=1S/C25H20N2O8/c1-31-19-14-15(11-12-17(19)35-23(28)18-10-7-13-34-18)21-20(24(29)32-2)22(25(30)33-3)27(26-21)16-8-5-4-6-9-16/h4-14H,1-3H3. The second kappa shape index (κ2) is 9.96. The van der Waals surface area contributed by atoms with Gasteiger partial charge in [-0.05, 0) is 42.5 Å². The van der Waals surface area contributed by atoms with Gasteiger partial charge < -0.3 is 23.4 Å². The molecule has 2 aromatic carbocycles. The minimum absolute atomic E-state index is 0.0217. The van der Waals surface area contributed by atoms with Crippen LogP contribution in [0.25, 0.3) is 16.9 Å². The minimum Gasteiger partial charge on any atom is -0.493 e. The molecular weight excluding hydrogens is 456 g/mol. The van der Waals surface area contributed by atoms with Gasteiger partial charge in [0.15, 0.2) is 17.2 Å². The number of nitrogens with zero attached hydrogens (tertiary/aromatic N) is 2. The van der Waals surface area contributed by atoms with Gasteiger partial charge in [-0.3, -0.25) is 0 Å². The average Bonchev–Trinajstić information content (AvgIpc) is 3.57. The summed E-state index contributed by atoms with van der Waals surface area (Å²) in [7, 11) is 3.80. The van der Waals surface area contributed by atoms with E-state index in [2.05, 4.69) is 5.10 Å². The SMILES string of the molecule is COC(=O)c1c(-c2ccc(OC(=O)c3ccco3)c(OC)c2)nn(-c2ccccc2)c1C(=O)OC. The number of carbonyl (C=O) groups excluding carboxylic acids is 3. The number of rotatable bonds is 7. The summed E-state index contributed by atoms with van der Waals surface area (Å²) in [5.74, 6) is -1.94. The summed E-state index contributed by atoms with van der Waals surface area (Å²) in [6, 6.07) is 16.4. The summed E-state index contributed by atoms with van der Waals surface area (Å²) in [5, 5.41) is 4.53. The number of benzene rings is 2. The van der Waals surface area contributed by atoms with Crippen LogP contribution in [0.1, 0.15) is 31.4 Å². The third kappa shape index (κ3) is 4.49. The van der Waals surface area contributed by atoms with Crippen molar-refractivity contribution in [3.63, 3.8) is 0 Å². The lowest BCUT2D eigenvalue weighted by Crippen LogP contribution is -2.15. The van der Waals surface area contributed by atoms with E-state index in [0.29, 0.717) is 11.3 Å². The fourth-order valence-electron chi connectivity index (χ4n) is 3.40. The Balaban J connectivity index is 1.85. The van der Waals surface area contributed by atoms with Crippen molar-refractivity contribution in [3.8, 4) is 28.4 Å². The van der Waals surface area contributed by atoms with Crippen molar-refractivity contribution in [1.29, 1.82) is 0 Å². The normalized spacial score (nSPS) is 10.5. The number of furan rings is 1. The van der Waals surface area contributed by atoms with E-state index in [9.17, 15) is 14.4 Å². The Morgan fingerprint density at radius 3 is 2.20 bits per heavy atom. The monoisotopic (exact) mass is 476 g/mol. The molecule has 0 unspecified atom stereocenters. The largest absolute Gasteiger partial charge is 0.493 e. The maximum Gasteiger partial charge on any atom is 0.379 e. The number of carbonyl (C=O) groups is 3. The zero-order chi connectivity index (χ0) is 24.9. The summed E-state index contributed by atoms with van der Waals surface area (Å²) >= 11 is 0. The molecule has 0 saturated carbocycles. The van der Waals surface area contributed by atoms with Crippen molar-refractivity contribution in [2.75, 3.05) is 21.3 Å². The van der Waals surface area contributed by atoms with Gasteiger partial charge in [-0.2, -0.15) is 5.10 Å². The molecule has 10 heteroatoms. The number of para-hydroxylation sites is 1. The van der Waals surface area contributed by atoms with E-state index in [1.54, 1.807) is 42.5 Å². The predicted octanol–water partition coefficient (Wildman–Crippen LogP) is 3.93. The van der Waals surface area contributed by atoms with Crippen LogP contribution >= 0.6 is 0 Å². The summed E-state index contributed by atoms with van der Waals surface area (Å²) < 4.78 is 27.0. The first-order valence-corrected chi connectivity index (χ1v) is 10.3. The molecule has 4 rings (SSSR count). The van der Waals surface area contributed by atoms with E-state index in [4.69, 9.17) is 23.4 Å². The first kappa shape index (κ1) is 23.3. The Labute approximate surface area is 199 Å². The molecule has 0 bridgehead atoms. The minimum atomic E-state index is -0.783. The lowest BCUT2D eigenvalue weighted by atomic mass is 10.0. The molecule has 0 amide bonds. The lowest BCUT2D eigenvalue weighted by molar-refractivity contribution is 0.0549. The van der Waals surface area contributed by atoms with Crippen molar-refractivity contribution in [3.05, 3.63) is 83.9 Å². The average molecular weight is 476 g/mol. The van der Waals surface area contributed by atoms with E-state index in [1.807, 2.05) is 0 Å². The number of methoxy groups -OCH3 is 3. The van der Waals surface area contributed by atoms with Crippen molar-refractivity contribution >= 4 is 17.9 Å². The van der Waals surface area contributed by atoms with Gasteiger partial charge >= 0.3 is 17.9 Å². The van der Waals surface area contributed by atoms with Gasteiger partial charge in [0, 0.05) is 5.56 Å². The van der Waals surface area contributed by atoms with Crippen LogP contribution in [0.5, 0.6) is 11.5 Å². The fourth-order valence-corrected chi connectivity index (χ4v) is 3.40. The first-order valence-electron chi connectivity index (χ1n) is 10.3. The van der Waals surface area contributed by atoms with Crippen LogP contribution in [-0.2, 0) is 9.47 Å². The molecule has 35 heavy (non-hydrogen) atoms. The highest BCUT2D eigenvalue weighted by Crippen LogP contribution is 2.36. The summed E-state index contributed by atoms with van der Waals surface area (Å²) in [4.78, 5) is 37.8. The van der Waals surface area contributed by atoms with Gasteiger partial charge in [0.2, 0.25) is 5.76 Å². The highest BCUT2D eigenvalue weighted by Gasteiger charge is 2.31. The van der Waals surface area contributed by atoms with E-state index in [-0.39, 0.29) is 34.2 Å². The van der Waals surface area contributed by atoms with Crippen LogP contribution in [0.15, 0.2) is 71.3 Å². The highest BCUT2D eigenvalue weighted by molar-refractivity contribution is 6.07. The molecule has 178 valence electrons. The number of aromatic nitrogens is 2. The van der Waals surface area contributed by atoms with Crippen molar-refractivity contribution < 1.29 is 37.7 Å². The molecule has 0 atom stereocenters. The van der Waals surface area contributed by atoms with Crippen LogP contribution in [0.2, 0.25) is 0 Å². The molecule has 0 fully saturated rings. The topological polar surface area (TPSA) is 119 Å². The Morgan fingerprint density at radius 2 is 1.57 bits per heavy atom. The van der Waals surface area contributed by atoms with Gasteiger partial charge in [0.25, 0.3) is 0 Å². The Kier molecular flexibility index (Phi) is 6.63. The Bertz CT molecular complexity index is 1370. The molecule has 0 aliphatic rings. The molecule has 0 aliphatic heterocycles. The molecule has 0 radical (unpaired) electrons. The maximum atomic E-state index is 12.8. The van der Waals surface area contributed by atoms with Gasteiger partial charge in [-0.15, -0.1) is 0 Å². The maximum absolute atomic E-state index is 12.8.